The molecular formula is C28H39BrN2O3. The molecule has 6 rings (SSSR count). The quantitative estimate of drug-likeness (QED) is 0.420. The average molecular weight is 532 g/mol. The van der Waals surface area contributed by atoms with Crippen LogP contribution in [0.3, 0.4) is 0 Å². The SMILES string of the molecule is C=C(C)CO[C@H]1C[N+]2(Cc3cnc([C@](O)(c4ccccc4)C4CCCCC4)o3)CCC1CC2.[Br-]. The highest BCUT2D eigenvalue weighted by Gasteiger charge is 2.48. The number of halogens is 1. The number of oxazole rings is 1. The second-order valence-corrected chi connectivity index (χ2v) is 10.9. The standard InChI is InChI=1S/C28H39N2O3.BrH/c1-21(2)20-32-26-19-30(15-13-22(26)14-16-30)18-25-17-29-27(33-25)28(31,23-9-5-3-6-10-23)24-11-7-4-8-12-24;/h3,5-6,9-10,17,22,24,26,31H,1,4,7-8,11-16,18-20H2,2H3;1H/q+1;/p-1/t22?,26-,28-,30?;/m0./s1. The van der Waals surface area contributed by atoms with Gasteiger partial charge in [0.1, 0.15) is 19.2 Å². The predicted molar refractivity (Wildman–Crippen MR) is 128 cm³/mol. The number of aliphatic hydroxyl groups is 1. The third kappa shape index (κ3) is 5.06. The molecule has 34 heavy (non-hydrogen) atoms. The predicted octanol–water partition coefficient (Wildman–Crippen LogP) is 2.20. The van der Waals surface area contributed by atoms with Gasteiger partial charge in [0.15, 0.2) is 11.4 Å². The Morgan fingerprint density at radius 1 is 1.15 bits per heavy atom. The Labute approximate surface area is 214 Å². The van der Waals surface area contributed by atoms with Gasteiger partial charge in [-0.15, -0.1) is 0 Å². The van der Waals surface area contributed by atoms with Gasteiger partial charge in [-0.05, 0) is 25.3 Å². The van der Waals surface area contributed by atoms with Gasteiger partial charge in [-0.3, -0.25) is 0 Å². The van der Waals surface area contributed by atoms with E-state index < -0.39 is 5.60 Å². The van der Waals surface area contributed by atoms with Crippen LogP contribution in [-0.4, -0.2) is 46.9 Å². The molecule has 4 heterocycles. The molecule has 186 valence electrons. The molecule has 1 N–H and O–H groups in total. The molecule has 4 aliphatic rings. The smallest absolute Gasteiger partial charge is 0.231 e. The zero-order valence-electron chi connectivity index (χ0n) is 20.4. The minimum atomic E-state index is -1.16. The molecule has 0 amide bonds. The van der Waals surface area contributed by atoms with E-state index in [0.29, 0.717) is 24.5 Å². The van der Waals surface area contributed by atoms with Crippen LogP contribution in [0.5, 0.6) is 0 Å². The van der Waals surface area contributed by atoms with Crippen molar-refractivity contribution in [2.75, 3.05) is 26.2 Å². The maximum absolute atomic E-state index is 12.1. The number of rotatable bonds is 8. The lowest BCUT2D eigenvalue weighted by molar-refractivity contribution is -0.959. The van der Waals surface area contributed by atoms with Crippen LogP contribution in [-0.2, 0) is 16.9 Å². The van der Waals surface area contributed by atoms with Gasteiger partial charge in [-0.1, -0.05) is 61.7 Å². The number of nitrogens with zero attached hydrogens (tertiary/aromatic N) is 2. The summed E-state index contributed by atoms with van der Waals surface area (Å²) in [5.41, 5.74) is 0.812. The Morgan fingerprint density at radius 3 is 2.53 bits per heavy atom. The van der Waals surface area contributed by atoms with Gasteiger partial charge in [0.25, 0.3) is 0 Å². The van der Waals surface area contributed by atoms with E-state index in [-0.39, 0.29) is 22.9 Å². The lowest BCUT2D eigenvalue weighted by Crippen LogP contribution is -3.00. The van der Waals surface area contributed by atoms with Crippen molar-refractivity contribution >= 4 is 0 Å². The normalized spacial score (nSPS) is 28.8. The van der Waals surface area contributed by atoms with Crippen LogP contribution < -0.4 is 17.0 Å². The first kappa shape index (κ1) is 25.6. The molecule has 6 heteroatoms. The molecule has 2 atom stereocenters. The minimum absolute atomic E-state index is 0. The monoisotopic (exact) mass is 530 g/mol. The van der Waals surface area contributed by atoms with Gasteiger partial charge >= 0.3 is 0 Å². The summed E-state index contributed by atoms with van der Waals surface area (Å²) in [7, 11) is 0. The van der Waals surface area contributed by atoms with Crippen LogP contribution in [0.4, 0.5) is 0 Å². The zero-order chi connectivity index (χ0) is 22.9. The highest BCUT2D eigenvalue weighted by molar-refractivity contribution is 5.30. The third-order valence-electron chi connectivity index (χ3n) is 8.37. The summed E-state index contributed by atoms with van der Waals surface area (Å²) < 4.78 is 13.6. The summed E-state index contributed by atoms with van der Waals surface area (Å²) in [5.74, 6) is 2.16. The van der Waals surface area contributed by atoms with Crippen molar-refractivity contribution in [3.05, 3.63) is 65.9 Å². The van der Waals surface area contributed by atoms with Crippen molar-refractivity contribution in [3.63, 3.8) is 0 Å². The van der Waals surface area contributed by atoms with Crippen LogP contribution >= 0.6 is 0 Å². The number of aromatic nitrogens is 1. The molecule has 2 bridgehead atoms. The van der Waals surface area contributed by atoms with Crippen LogP contribution in [0.25, 0.3) is 0 Å². The van der Waals surface area contributed by atoms with E-state index in [1.165, 1.54) is 32.4 Å². The van der Waals surface area contributed by atoms with Crippen LogP contribution in [0, 0.1) is 11.8 Å². The van der Waals surface area contributed by atoms with Crippen molar-refractivity contribution in [1.29, 1.82) is 0 Å². The van der Waals surface area contributed by atoms with Gasteiger partial charge in [-0.25, -0.2) is 4.98 Å². The van der Waals surface area contributed by atoms with E-state index in [2.05, 4.69) is 6.58 Å². The third-order valence-corrected chi connectivity index (χ3v) is 8.37. The molecule has 0 spiro atoms. The molecule has 5 nitrogen and oxygen atoms in total. The Morgan fingerprint density at radius 2 is 1.85 bits per heavy atom. The van der Waals surface area contributed by atoms with Gasteiger partial charge < -0.3 is 35.7 Å². The fourth-order valence-electron chi connectivity index (χ4n) is 6.52. The second kappa shape index (κ2) is 10.7. The van der Waals surface area contributed by atoms with E-state index in [1.54, 1.807) is 0 Å². The molecular weight excluding hydrogens is 492 g/mol. The molecule has 3 saturated heterocycles. The average Bonchev–Trinajstić information content (AvgIpc) is 3.32. The number of ether oxygens (including phenoxy) is 1. The molecule has 1 saturated carbocycles. The van der Waals surface area contributed by atoms with Crippen molar-refractivity contribution < 1.29 is 35.7 Å². The maximum Gasteiger partial charge on any atom is 0.231 e. The lowest BCUT2D eigenvalue weighted by atomic mass is 9.73. The first-order chi connectivity index (χ1) is 16.0. The number of benzene rings is 1. The maximum atomic E-state index is 12.1. The number of hydrogen-bond acceptors (Lipinski definition) is 4. The van der Waals surface area contributed by atoms with Gasteiger partial charge in [0.2, 0.25) is 5.89 Å². The molecule has 4 fully saturated rings. The van der Waals surface area contributed by atoms with Crippen LogP contribution in [0.15, 0.2) is 53.1 Å². The number of piperidine rings is 3. The fraction of sp³-hybridized carbons (Fsp3) is 0.607. The van der Waals surface area contributed by atoms with Crippen LogP contribution in [0.1, 0.15) is 69.1 Å². The largest absolute Gasteiger partial charge is 1.00 e. The van der Waals surface area contributed by atoms with Gasteiger partial charge in [0, 0.05) is 24.7 Å². The summed E-state index contributed by atoms with van der Waals surface area (Å²) >= 11 is 0. The topological polar surface area (TPSA) is 55.5 Å². The summed E-state index contributed by atoms with van der Waals surface area (Å²) in [6.07, 6.45) is 10.1. The molecule has 1 aliphatic carbocycles. The molecule has 0 radical (unpaired) electrons. The Hall–Kier alpha value is -1.47. The molecule has 1 aromatic carbocycles. The van der Waals surface area contributed by atoms with E-state index in [0.717, 1.165) is 60.2 Å². The van der Waals surface area contributed by atoms with Crippen molar-refractivity contribution in [1.82, 2.24) is 4.98 Å². The summed E-state index contributed by atoms with van der Waals surface area (Å²) in [6.45, 7) is 10.9. The van der Waals surface area contributed by atoms with E-state index in [1.807, 2.05) is 43.5 Å². The Balaban J connectivity index is 0.00000274. The zero-order valence-corrected chi connectivity index (χ0v) is 22.0. The number of hydrogen-bond donors (Lipinski definition) is 1. The first-order valence-electron chi connectivity index (χ1n) is 12.8. The van der Waals surface area contributed by atoms with Gasteiger partial charge in [0.05, 0.1) is 25.9 Å². The molecule has 1 aromatic heterocycles. The van der Waals surface area contributed by atoms with Gasteiger partial charge in [-0.2, -0.15) is 0 Å². The van der Waals surface area contributed by atoms with Crippen molar-refractivity contribution in [3.8, 4) is 0 Å². The Bertz CT molecular complexity index is 948. The minimum Gasteiger partial charge on any atom is -1.00 e. The highest BCUT2D eigenvalue weighted by atomic mass is 79.9. The van der Waals surface area contributed by atoms with E-state index in [9.17, 15) is 5.11 Å². The first-order valence-corrected chi connectivity index (χ1v) is 12.8. The summed E-state index contributed by atoms with van der Waals surface area (Å²) in [5, 5.41) is 12.1. The highest BCUT2D eigenvalue weighted by Crippen LogP contribution is 2.44. The number of fused-ring (bicyclic) bond motifs is 3. The van der Waals surface area contributed by atoms with Crippen molar-refractivity contribution in [2.45, 2.75) is 70.1 Å². The Kier molecular flexibility index (Phi) is 8.02. The number of quaternary nitrogens is 1. The lowest BCUT2D eigenvalue weighted by Gasteiger charge is -2.52. The summed E-state index contributed by atoms with van der Waals surface area (Å²) in [6, 6.07) is 10.0. The fourth-order valence-corrected chi connectivity index (χ4v) is 6.52. The van der Waals surface area contributed by atoms with Crippen LogP contribution in [0.2, 0.25) is 0 Å². The molecule has 2 aromatic rings. The second-order valence-electron chi connectivity index (χ2n) is 10.9. The van der Waals surface area contributed by atoms with E-state index >= 15 is 0 Å². The van der Waals surface area contributed by atoms with E-state index in [4.69, 9.17) is 14.1 Å². The van der Waals surface area contributed by atoms with Crippen molar-refractivity contribution in [2.24, 2.45) is 11.8 Å². The molecule has 3 aliphatic heterocycles. The molecule has 0 unspecified atom stereocenters. The summed E-state index contributed by atoms with van der Waals surface area (Å²) in [4.78, 5) is 4.69.